The molecule has 1 aromatic heterocycles. The van der Waals surface area contributed by atoms with E-state index in [1.54, 1.807) is 12.1 Å². The van der Waals surface area contributed by atoms with Gasteiger partial charge in [0.25, 0.3) is 0 Å². The number of rotatable bonds is 8. The molecule has 2 aliphatic heterocycles. The Morgan fingerprint density at radius 3 is 2.50 bits per heavy atom. The molecule has 0 radical (unpaired) electrons. The van der Waals surface area contributed by atoms with E-state index >= 15 is 0 Å². The fraction of sp³-hybridized carbons (Fsp3) is 0.414. The minimum absolute atomic E-state index is 0.110. The Bertz CT molecular complexity index is 1230. The molecule has 0 unspecified atom stereocenters. The number of hydrogen-bond acceptors (Lipinski definition) is 5. The second-order valence-corrected chi connectivity index (χ2v) is 11.0. The van der Waals surface area contributed by atoms with Gasteiger partial charge in [0.2, 0.25) is 5.91 Å². The van der Waals surface area contributed by atoms with Gasteiger partial charge in [-0.1, -0.05) is 35.3 Å². The fourth-order valence-electron chi connectivity index (χ4n) is 5.15. The molecule has 1 amide bonds. The van der Waals surface area contributed by atoms with Crippen molar-refractivity contribution in [3.8, 4) is 11.4 Å². The van der Waals surface area contributed by atoms with Crippen molar-refractivity contribution in [1.29, 1.82) is 0 Å². The van der Waals surface area contributed by atoms with E-state index in [9.17, 15) is 4.79 Å². The summed E-state index contributed by atoms with van der Waals surface area (Å²) in [6.45, 7) is 6.07. The third-order valence-corrected chi connectivity index (χ3v) is 7.87. The average molecular weight is 558 g/mol. The number of carbonyl (C=O) groups excluding carboxylic acids is 1. The molecule has 0 saturated carbocycles. The van der Waals surface area contributed by atoms with Crippen molar-refractivity contribution in [2.24, 2.45) is 0 Å². The first-order valence-electron chi connectivity index (χ1n) is 13.0. The van der Waals surface area contributed by atoms with Crippen LogP contribution < -0.4 is 4.74 Å². The maximum Gasteiger partial charge on any atom is 0.225 e. The van der Waals surface area contributed by atoms with Gasteiger partial charge in [-0.05, 0) is 55.6 Å². The normalized spacial score (nSPS) is 21.0. The summed E-state index contributed by atoms with van der Waals surface area (Å²) < 4.78 is 14.7. The molecule has 2 aromatic carbocycles. The third kappa shape index (κ3) is 6.53. The summed E-state index contributed by atoms with van der Waals surface area (Å²) in [4.78, 5) is 20.0. The Morgan fingerprint density at radius 2 is 1.74 bits per heavy atom. The van der Waals surface area contributed by atoms with E-state index < -0.39 is 5.60 Å². The largest absolute Gasteiger partial charge is 0.491 e. The van der Waals surface area contributed by atoms with Gasteiger partial charge in [-0.15, -0.1) is 0 Å². The van der Waals surface area contributed by atoms with Crippen molar-refractivity contribution in [1.82, 2.24) is 19.3 Å². The number of para-hydroxylation sites is 1. The number of halogens is 2. The zero-order valence-electron chi connectivity index (χ0n) is 21.7. The van der Waals surface area contributed by atoms with Crippen LogP contribution in [0.15, 0.2) is 66.9 Å². The van der Waals surface area contributed by atoms with Gasteiger partial charge >= 0.3 is 0 Å². The summed E-state index contributed by atoms with van der Waals surface area (Å²) in [6.07, 6.45) is 2.30. The highest BCUT2D eigenvalue weighted by Gasteiger charge is 2.41. The van der Waals surface area contributed by atoms with E-state index in [4.69, 9.17) is 32.7 Å². The SMILES string of the molecule is CN1CCN(C(=O)C[C@]2(COc3ccc(Cl)cc3)CN(Cc3cccn3-c3ccccc3Cl)CCO2)CC1. The monoisotopic (exact) mass is 556 g/mol. The second-order valence-electron chi connectivity index (χ2n) is 10.2. The van der Waals surface area contributed by atoms with Crippen LogP contribution in [0.2, 0.25) is 10.0 Å². The zero-order chi connectivity index (χ0) is 26.5. The van der Waals surface area contributed by atoms with Crippen LogP contribution in [-0.2, 0) is 16.1 Å². The Morgan fingerprint density at radius 1 is 0.974 bits per heavy atom. The van der Waals surface area contributed by atoms with E-state index in [0.29, 0.717) is 35.5 Å². The van der Waals surface area contributed by atoms with Crippen LogP contribution in [0.1, 0.15) is 12.1 Å². The van der Waals surface area contributed by atoms with Gasteiger partial charge in [-0.3, -0.25) is 9.69 Å². The lowest BCUT2D eigenvalue weighted by molar-refractivity contribution is -0.158. The predicted molar refractivity (Wildman–Crippen MR) is 150 cm³/mol. The van der Waals surface area contributed by atoms with Gasteiger partial charge in [0.1, 0.15) is 18.0 Å². The highest BCUT2D eigenvalue weighted by atomic mass is 35.5. The lowest BCUT2D eigenvalue weighted by atomic mass is 9.96. The van der Waals surface area contributed by atoms with Crippen molar-refractivity contribution in [2.45, 2.75) is 18.6 Å². The Labute approximate surface area is 234 Å². The molecule has 2 aliphatic rings. The summed E-state index contributed by atoms with van der Waals surface area (Å²) in [5.74, 6) is 0.813. The number of amides is 1. The lowest BCUT2D eigenvalue weighted by Crippen LogP contribution is -2.58. The molecular formula is C29H34Cl2N4O3. The lowest BCUT2D eigenvalue weighted by Gasteiger charge is -2.43. The van der Waals surface area contributed by atoms with Gasteiger partial charge < -0.3 is 23.8 Å². The molecule has 202 valence electrons. The van der Waals surface area contributed by atoms with E-state index in [-0.39, 0.29) is 18.9 Å². The molecule has 0 N–H and O–H groups in total. The van der Waals surface area contributed by atoms with E-state index in [1.807, 2.05) is 53.6 Å². The second kappa shape index (κ2) is 12.1. The van der Waals surface area contributed by atoms with Crippen LogP contribution in [-0.4, -0.2) is 90.3 Å². The van der Waals surface area contributed by atoms with Crippen LogP contribution in [0.25, 0.3) is 5.69 Å². The van der Waals surface area contributed by atoms with Crippen molar-refractivity contribution in [3.63, 3.8) is 0 Å². The van der Waals surface area contributed by atoms with Crippen LogP contribution in [0.3, 0.4) is 0 Å². The van der Waals surface area contributed by atoms with Crippen LogP contribution in [0.4, 0.5) is 0 Å². The molecule has 38 heavy (non-hydrogen) atoms. The van der Waals surface area contributed by atoms with Gasteiger partial charge in [-0.25, -0.2) is 0 Å². The molecule has 2 saturated heterocycles. The summed E-state index contributed by atoms with van der Waals surface area (Å²) in [7, 11) is 2.09. The Kier molecular flexibility index (Phi) is 8.61. The van der Waals surface area contributed by atoms with Gasteiger partial charge in [0.15, 0.2) is 0 Å². The minimum atomic E-state index is -0.764. The Hall–Kier alpha value is -2.55. The maximum atomic E-state index is 13.5. The van der Waals surface area contributed by atoms with E-state index in [0.717, 1.165) is 44.1 Å². The molecule has 5 rings (SSSR count). The summed E-state index contributed by atoms with van der Waals surface area (Å²) in [6, 6.07) is 19.3. The van der Waals surface area contributed by atoms with E-state index in [2.05, 4.69) is 27.5 Å². The summed E-state index contributed by atoms with van der Waals surface area (Å²) in [5, 5.41) is 1.36. The molecular weight excluding hydrogens is 523 g/mol. The molecule has 0 aliphatic carbocycles. The van der Waals surface area contributed by atoms with Crippen molar-refractivity contribution < 1.29 is 14.3 Å². The molecule has 3 aromatic rings. The van der Waals surface area contributed by atoms with Crippen molar-refractivity contribution in [3.05, 3.63) is 82.6 Å². The topological polar surface area (TPSA) is 50.2 Å². The smallest absolute Gasteiger partial charge is 0.225 e. The number of ether oxygens (including phenoxy) is 2. The third-order valence-electron chi connectivity index (χ3n) is 7.30. The molecule has 0 bridgehead atoms. The molecule has 2 fully saturated rings. The molecule has 9 heteroatoms. The number of hydrogen-bond donors (Lipinski definition) is 0. The van der Waals surface area contributed by atoms with Gasteiger partial charge in [0, 0.05) is 62.7 Å². The number of nitrogens with zero attached hydrogens (tertiary/aromatic N) is 4. The predicted octanol–water partition coefficient (Wildman–Crippen LogP) is 4.60. The first-order valence-corrected chi connectivity index (χ1v) is 13.8. The summed E-state index contributed by atoms with van der Waals surface area (Å²) in [5.41, 5.74) is 1.31. The van der Waals surface area contributed by atoms with Crippen LogP contribution in [0, 0.1) is 0 Å². The molecule has 3 heterocycles. The first kappa shape index (κ1) is 27.0. The molecule has 7 nitrogen and oxygen atoms in total. The van der Waals surface area contributed by atoms with Crippen LogP contribution >= 0.6 is 23.2 Å². The van der Waals surface area contributed by atoms with Crippen molar-refractivity contribution >= 4 is 29.1 Å². The Balaban J connectivity index is 1.33. The van der Waals surface area contributed by atoms with Gasteiger partial charge in [-0.2, -0.15) is 0 Å². The highest BCUT2D eigenvalue weighted by molar-refractivity contribution is 6.32. The number of aromatic nitrogens is 1. The van der Waals surface area contributed by atoms with E-state index in [1.165, 1.54) is 0 Å². The number of likely N-dealkylation sites (N-methyl/N-ethyl adjacent to an activating group) is 1. The highest BCUT2D eigenvalue weighted by Crippen LogP contribution is 2.28. The van der Waals surface area contributed by atoms with Gasteiger partial charge in [0.05, 0.1) is 23.7 Å². The molecule has 0 spiro atoms. The van der Waals surface area contributed by atoms with Crippen molar-refractivity contribution in [2.75, 3.05) is 59.5 Å². The fourth-order valence-corrected chi connectivity index (χ4v) is 5.50. The first-order chi connectivity index (χ1) is 18.4. The summed E-state index contributed by atoms with van der Waals surface area (Å²) >= 11 is 12.6. The quantitative estimate of drug-likeness (QED) is 0.406. The standard InChI is InChI=1S/C29H34Cl2N4O3/c1-32-13-15-34(16-14-32)28(36)19-29(22-37-25-10-8-23(30)9-11-25)21-33(17-18-38-29)20-24-5-4-12-35(24)27-7-3-2-6-26(27)31/h2-12H,13-22H2,1H3/t29-/m1/s1. The number of morpholine rings is 1. The number of benzene rings is 2. The number of carbonyl (C=O) groups is 1. The zero-order valence-corrected chi connectivity index (χ0v) is 23.2. The molecule has 1 atom stereocenters. The van der Waals surface area contributed by atoms with Crippen LogP contribution in [0.5, 0.6) is 5.75 Å². The maximum absolute atomic E-state index is 13.5. The number of piperazine rings is 1. The minimum Gasteiger partial charge on any atom is -0.491 e. The average Bonchev–Trinajstić information content (AvgIpc) is 3.37.